The number of halogens is 2. The quantitative estimate of drug-likeness (QED) is 0.366. The first kappa shape index (κ1) is 32.2. The Kier molecular flexibility index (Phi) is 337. The topological polar surface area (TPSA) is 23.8 Å². The van der Waals surface area contributed by atoms with Gasteiger partial charge in [0, 0.05) is 0 Å². The second kappa shape index (κ2) is 52.4. The minimum Gasteiger partial charge on any atom is -1.00 e. The van der Waals surface area contributed by atoms with Crippen LogP contribution in [0, 0.1) is 0 Å². The second-order valence-electron chi connectivity index (χ2n) is 0. The Morgan fingerprint density at radius 2 is 1.00 bits per heavy atom. The van der Waals surface area contributed by atoms with Crippen molar-refractivity contribution in [2.45, 2.75) is 0 Å². The molecule has 0 aliphatic heterocycles. The van der Waals surface area contributed by atoms with Gasteiger partial charge < -0.3 is 30.5 Å². The van der Waals surface area contributed by atoms with Gasteiger partial charge in [-0.3, -0.25) is 0 Å². The van der Waals surface area contributed by atoms with E-state index in [1.54, 1.807) is 0 Å². The average Bonchev–Trinajstić information content (AvgIpc) is 1.00. The molecular formula is CH4Cl2NZr. The Morgan fingerprint density at radius 3 is 1.00 bits per heavy atom. The Balaban J connectivity index is -0.00000000167. The van der Waals surface area contributed by atoms with E-state index in [4.69, 9.17) is 5.73 Å². The predicted molar refractivity (Wildman–Crippen MR) is 10.2 cm³/mol. The predicted octanol–water partition coefficient (Wildman–Crippen LogP) is -5.33. The zero-order valence-electron chi connectivity index (χ0n) is 2.76. The Hall–Kier alpha value is 1.42. The summed E-state index contributed by atoms with van der Waals surface area (Å²) in [7, 11) is 1.25. The zero-order valence-corrected chi connectivity index (χ0v) is 6.73. The smallest absolute Gasteiger partial charge is 1.00 e. The first-order valence-corrected chi connectivity index (χ1v) is 0.500. The maximum atomic E-state index is 5.75. The van der Waals surface area contributed by atoms with Crippen molar-refractivity contribution in [3.05, 3.63) is 5.73 Å². The second-order valence-corrected chi connectivity index (χ2v) is 0. The van der Waals surface area contributed by atoms with E-state index in [1.807, 2.05) is 0 Å². The molecule has 0 fully saturated rings. The molecule has 0 saturated carbocycles. The first-order chi connectivity index (χ1) is 1.00. The van der Waals surface area contributed by atoms with Crippen molar-refractivity contribution in [2.75, 3.05) is 7.05 Å². The molecule has 0 amide bonds. The molecule has 0 aromatic carbocycles. The molecule has 31 valence electrons. The van der Waals surface area contributed by atoms with Crippen molar-refractivity contribution in [2.24, 2.45) is 0 Å². The van der Waals surface area contributed by atoms with Crippen molar-refractivity contribution in [1.29, 1.82) is 0 Å². The Labute approximate surface area is 63.6 Å². The molecule has 1 N–H and O–H groups in total. The Bertz CT molecular complexity index is 9.61. The van der Waals surface area contributed by atoms with Crippen LogP contribution in [0.2, 0.25) is 0 Å². The maximum Gasteiger partial charge on any atom is 3.00 e. The van der Waals surface area contributed by atoms with Crippen molar-refractivity contribution < 1.29 is 51.0 Å². The van der Waals surface area contributed by atoms with Gasteiger partial charge in [-0.2, -0.15) is 7.05 Å². The third-order valence-electron chi connectivity index (χ3n) is 0. The molecule has 0 unspecified atom stereocenters. The molecule has 0 bridgehead atoms. The number of rotatable bonds is 0. The standard InChI is InChI=1S/CH4N.2ClH.Zr/c1-2;;;/h2H,1H3;2*1H;/q-1;;;+3/p-2. The van der Waals surface area contributed by atoms with Crippen molar-refractivity contribution in [3.63, 3.8) is 0 Å². The van der Waals surface area contributed by atoms with Gasteiger partial charge in [-0.25, -0.2) is 0 Å². The van der Waals surface area contributed by atoms with Crippen LogP contribution in [0.5, 0.6) is 0 Å². The van der Waals surface area contributed by atoms with E-state index >= 15 is 0 Å². The Morgan fingerprint density at radius 1 is 1.00 bits per heavy atom. The van der Waals surface area contributed by atoms with Crippen molar-refractivity contribution in [3.8, 4) is 0 Å². The molecule has 0 aromatic rings. The number of hydrogen-bond acceptors (Lipinski definition) is 0. The molecule has 1 nitrogen and oxygen atoms in total. The molecule has 1 radical (unpaired) electrons. The molecule has 0 aliphatic rings. The van der Waals surface area contributed by atoms with Gasteiger partial charge in [0.1, 0.15) is 0 Å². The molecule has 0 saturated heterocycles. The van der Waals surface area contributed by atoms with Gasteiger partial charge >= 0.3 is 26.2 Å². The molecule has 0 heterocycles. The van der Waals surface area contributed by atoms with E-state index in [0.717, 1.165) is 0 Å². The third-order valence-corrected chi connectivity index (χ3v) is 0. The van der Waals surface area contributed by atoms with Crippen LogP contribution in [0.25, 0.3) is 5.73 Å². The van der Waals surface area contributed by atoms with Gasteiger partial charge in [-0.05, 0) is 0 Å². The molecule has 0 aromatic heterocycles. The summed E-state index contributed by atoms with van der Waals surface area (Å²) >= 11 is 0. The summed E-state index contributed by atoms with van der Waals surface area (Å²) in [5, 5.41) is 0. The van der Waals surface area contributed by atoms with E-state index in [0.29, 0.717) is 0 Å². The van der Waals surface area contributed by atoms with Crippen LogP contribution in [-0.4, -0.2) is 7.05 Å². The van der Waals surface area contributed by atoms with Crippen LogP contribution in [0.4, 0.5) is 0 Å². The number of nitrogens with one attached hydrogen (secondary N) is 1. The fourth-order valence-electron chi connectivity index (χ4n) is 0. The molecule has 4 heteroatoms. The summed E-state index contributed by atoms with van der Waals surface area (Å²) in [5.74, 6) is 0. The monoisotopic (exact) mass is 190 g/mol. The largest absolute Gasteiger partial charge is 3.00 e. The van der Waals surface area contributed by atoms with Gasteiger partial charge in [0.2, 0.25) is 0 Å². The summed E-state index contributed by atoms with van der Waals surface area (Å²) in [4.78, 5) is 0. The van der Waals surface area contributed by atoms with Gasteiger partial charge in [0.25, 0.3) is 0 Å². The fraction of sp³-hybridized carbons (Fsp3) is 1.00. The first-order valence-electron chi connectivity index (χ1n) is 0.500. The summed E-state index contributed by atoms with van der Waals surface area (Å²) in [5.41, 5.74) is 5.75. The normalized spacial score (nSPS) is 1.20. The van der Waals surface area contributed by atoms with Gasteiger partial charge in [-0.1, -0.05) is 0 Å². The van der Waals surface area contributed by atoms with Crippen LogP contribution in [0.3, 0.4) is 0 Å². The molecule has 0 spiro atoms. The van der Waals surface area contributed by atoms with Crippen LogP contribution in [0.1, 0.15) is 0 Å². The summed E-state index contributed by atoms with van der Waals surface area (Å²) < 4.78 is 0. The van der Waals surface area contributed by atoms with E-state index in [1.165, 1.54) is 7.05 Å². The molecule has 0 aliphatic carbocycles. The average molecular weight is 192 g/mol. The summed E-state index contributed by atoms with van der Waals surface area (Å²) in [6.07, 6.45) is 0. The van der Waals surface area contributed by atoms with E-state index in [2.05, 4.69) is 0 Å². The van der Waals surface area contributed by atoms with Crippen LogP contribution in [-0.2, 0) is 26.2 Å². The van der Waals surface area contributed by atoms with E-state index in [-0.39, 0.29) is 51.0 Å². The van der Waals surface area contributed by atoms with Crippen LogP contribution < -0.4 is 24.8 Å². The van der Waals surface area contributed by atoms with Gasteiger partial charge in [-0.15, -0.1) is 0 Å². The molecule has 5 heavy (non-hydrogen) atoms. The molecule has 0 rings (SSSR count). The van der Waals surface area contributed by atoms with E-state index < -0.39 is 0 Å². The van der Waals surface area contributed by atoms with E-state index in [9.17, 15) is 0 Å². The van der Waals surface area contributed by atoms with Crippen LogP contribution >= 0.6 is 0 Å². The number of hydrogen-bond donors (Lipinski definition) is 0. The minimum atomic E-state index is 0. The summed E-state index contributed by atoms with van der Waals surface area (Å²) in [6, 6.07) is 0. The van der Waals surface area contributed by atoms with Crippen LogP contribution in [0.15, 0.2) is 0 Å². The van der Waals surface area contributed by atoms with Crippen molar-refractivity contribution in [1.82, 2.24) is 0 Å². The summed E-state index contributed by atoms with van der Waals surface area (Å²) in [6.45, 7) is 0. The fourth-order valence-corrected chi connectivity index (χ4v) is 0. The molecule has 0 atom stereocenters. The van der Waals surface area contributed by atoms with Gasteiger partial charge in [0.05, 0.1) is 0 Å². The van der Waals surface area contributed by atoms with Gasteiger partial charge in [0.15, 0.2) is 0 Å². The third kappa shape index (κ3) is 31.4. The van der Waals surface area contributed by atoms with Crippen molar-refractivity contribution >= 4 is 0 Å². The minimum absolute atomic E-state index is 0. The SMILES string of the molecule is C[NH-].[Cl-].[Cl-].[Zr+3]. The maximum absolute atomic E-state index is 5.75. The molecular weight excluding hydrogens is 188 g/mol. The zero-order chi connectivity index (χ0) is 2.00.